The zero-order valence-corrected chi connectivity index (χ0v) is 17.5. The largest absolute Gasteiger partial charge is 0.490 e. The Bertz CT molecular complexity index is 680. The minimum absolute atomic E-state index is 0.449. The second-order valence-corrected chi connectivity index (χ2v) is 7.07. The van der Waals surface area contributed by atoms with Crippen molar-refractivity contribution in [3.05, 3.63) is 57.0 Å². The molecule has 0 saturated carbocycles. The Balaban J connectivity index is 2.03. The first-order valence-electron chi connectivity index (χ1n) is 8.66. The molecule has 0 amide bonds. The first kappa shape index (κ1) is 21.0. The van der Waals surface area contributed by atoms with Crippen LogP contribution in [0.4, 0.5) is 0 Å². The lowest BCUT2D eigenvalue weighted by atomic mass is 10.2. The number of rotatable bonds is 11. The van der Waals surface area contributed by atoms with Gasteiger partial charge in [-0.1, -0.05) is 23.7 Å². The van der Waals surface area contributed by atoms with Crippen molar-refractivity contribution in [2.75, 3.05) is 26.9 Å². The highest BCUT2D eigenvalue weighted by atomic mass is 79.9. The van der Waals surface area contributed by atoms with E-state index in [9.17, 15) is 0 Å². The summed E-state index contributed by atoms with van der Waals surface area (Å²) in [6, 6.07) is 11.7. The maximum atomic E-state index is 6.01. The molecule has 142 valence electrons. The average molecular weight is 443 g/mol. The lowest BCUT2D eigenvalue weighted by Gasteiger charge is -2.16. The first-order valence-corrected chi connectivity index (χ1v) is 9.83. The zero-order chi connectivity index (χ0) is 18.8. The standard InChI is InChI=1S/C20H25BrClNO3/c1-3-25-19-12-16(13-23-9-4-10-24-2)11-18(21)20(19)26-14-15-5-7-17(22)8-6-15/h5-8,11-12,23H,3-4,9-10,13-14H2,1-2H3. The molecule has 0 unspecified atom stereocenters. The van der Waals surface area contributed by atoms with Crippen LogP contribution in [0.25, 0.3) is 0 Å². The number of ether oxygens (including phenoxy) is 3. The van der Waals surface area contributed by atoms with Gasteiger partial charge in [0.1, 0.15) is 6.61 Å². The molecule has 0 aromatic heterocycles. The predicted octanol–water partition coefficient (Wildman–Crippen LogP) is 5.21. The van der Waals surface area contributed by atoms with E-state index in [0.717, 1.165) is 47.5 Å². The number of hydrogen-bond acceptors (Lipinski definition) is 4. The molecule has 2 aromatic rings. The number of benzene rings is 2. The van der Waals surface area contributed by atoms with Crippen molar-refractivity contribution in [1.29, 1.82) is 0 Å². The monoisotopic (exact) mass is 441 g/mol. The topological polar surface area (TPSA) is 39.7 Å². The molecule has 0 radical (unpaired) electrons. The highest BCUT2D eigenvalue weighted by Gasteiger charge is 2.12. The summed E-state index contributed by atoms with van der Waals surface area (Å²) in [4.78, 5) is 0. The van der Waals surface area contributed by atoms with E-state index in [0.29, 0.717) is 24.0 Å². The van der Waals surface area contributed by atoms with Crippen LogP contribution in [0.3, 0.4) is 0 Å². The average Bonchev–Trinajstić information content (AvgIpc) is 2.62. The Kier molecular flexibility index (Phi) is 9.26. The van der Waals surface area contributed by atoms with Crippen molar-refractivity contribution >= 4 is 27.5 Å². The van der Waals surface area contributed by atoms with Crippen LogP contribution in [-0.2, 0) is 17.9 Å². The Morgan fingerprint density at radius 2 is 1.85 bits per heavy atom. The van der Waals surface area contributed by atoms with E-state index >= 15 is 0 Å². The Labute approximate surface area is 168 Å². The van der Waals surface area contributed by atoms with Gasteiger partial charge in [-0.15, -0.1) is 0 Å². The second kappa shape index (κ2) is 11.4. The van der Waals surface area contributed by atoms with Gasteiger partial charge in [0.25, 0.3) is 0 Å². The molecule has 6 heteroatoms. The molecular weight excluding hydrogens is 418 g/mol. The fourth-order valence-corrected chi connectivity index (χ4v) is 3.17. The van der Waals surface area contributed by atoms with Crippen molar-refractivity contribution in [3.8, 4) is 11.5 Å². The van der Waals surface area contributed by atoms with Gasteiger partial charge in [-0.05, 0) is 71.2 Å². The van der Waals surface area contributed by atoms with Gasteiger partial charge in [-0.2, -0.15) is 0 Å². The third-order valence-electron chi connectivity index (χ3n) is 3.70. The van der Waals surface area contributed by atoms with Crippen LogP contribution in [0.5, 0.6) is 11.5 Å². The van der Waals surface area contributed by atoms with Crippen molar-refractivity contribution in [2.24, 2.45) is 0 Å². The molecule has 0 fully saturated rings. The van der Waals surface area contributed by atoms with Crippen molar-refractivity contribution in [2.45, 2.75) is 26.5 Å². The third-order valence-corrected chi connectivity index (χ3v) is 4.54. The minimum Gasteiger partial charge on any atom is -0.490 e. The highest BCUT2D eigenvalue weighted by molar-refractivity contribution is 9.10. The minimum atomic E-state index is 0.449. The Hall–Kier alpha value is -1.27. The normalized spacial score (nSPS) is 10.8. The third kappa shape index (κ3) is 6.80. The van der Waals surface area contributed by atoms with E-state index in [4.69, 9.17) is 25.8 Å². The fraction of sp³-hybridized carbons (Fsp3) is 0.400. The fourth-order valence-electron chi connectivity index (χ4n) is 2.44. The van der Waals surface area contributed by atoms with Gasteiger partial charge < -0.3 is 19.5 Å². The predicted molar refractivity (Wildman–Crippen MR) is 109 cm³/mol. The number of nitrogens with one attached hydrogen (secondary N) is 1. The summed E-state index contributed by atoms with van der Waals surface area (Å²) in [5.41, 5.74) is 2.18. The van der Waals surface area contributed by atoms with Crippen LogP contribution in [0.1, 0.15) is 24.5 Å². The molecule has 0 heterocycles. The van der Waals surface area contributed by atoms with Crippen molar-refractivity contribution < 1.29 is 14.2 Å². The van der Waals surface area contributed by atoms with Gasteiger partial charge in [0, 0.05) is 25.3 Å². The van der Waals surface area contributed by atoms with Crippen LogP contribution >= 0.6 is 27.5 Å². The SMILES string of the molecule is CCOc1cc(CNCCCOC)cc(Br)c1OCc1ccc(Cl)cc1. The molecule has 4 nitrogen and oxygen atoms in total. The van der Waals surface area contributed by atoms with Crippen LogP contribution in [0.2, 0.25) is 5.02 Å². The van der Waals surface area contributed by atoms with Gasteiger partial charge >= 0.3 is 0 Å². The van der Waals surface area contributed by atoms with Gasteiger partial charge in [0.05, 0.1) is 11.1 Å². The number of halogens is 2. The molecule has 2 rings (SSSR count). The molecule has 0 aliphatic rings. The van der Waals surface area contributed by atoms with Gasteiger partial charge in [0.15, 0.2) is 11.5 Å². The summed E-state index contributed by atoms with van der Waals surface area (Å²) in [6.07, 6.45) is 0.984. The van der Waals surface area contributed by atoms with Gasteiger partial charge in [-0.25, -0.2) is 0 Å². The smallest absolute Gasteiger partial charge is 0.175 e. The molecule has 0 spiro atoms. The van der Waals surface area contributed by atoms with E-state index < -0.39 is 0 Å². The molecule has 1 N–H and O–H groups in total. The number of hydrogen-bond donors (Lipinski definition) is 1. The lowest BCUT2D eigenvalue weighted by Crippen LogP contribution is -2.16. The molecule has 0 saturated heterocycles. The summed E-state index contributed by atoms with van der Waals surface area (Å²) in [7, 11) is 1.72. The second-order valence-electron chi connectivity index (χ2n) is 5.78. The van der Waals surface area contributed by atoms with Crippen LogP contribution in [-0.4, -0.2) is 26.9 Å². The van der Waals surface area contributed by atoms with Crippen LogP contribution in [0, 0.1) is 0 Å². The molecule has 0 aliphatic carbocycles. The molecule has 26 heavy (non-hydrogen) atoms. The molecule has 0 bridgehead atoms. The molecule has 2 aromatic carbocycles. The molecule has 0 aliphatic heterocycles. The van der Waals surface area contributed by atoms with Crippen molar-refractivity contribution in [3.63, 3.8) is 0 Å². The summed E-state index contributed by atoms with van der Waals surface area (Å²) in [5.74, 6) is 1.45. The van der Waals surface area contributed by atoms with E-state index in [1.807, 2.05) is 37.3 Å². The van der Waals surface area contributed by atoms with Crippen LogP contribution in [0.15, 0.2) is 40.9 Å². The van der Waals surface area contributed by atoms with E-state index in [-0.39, 0.29) is 0 Å². The van der Waals surface area contributed by atoms with Crippen molar-refractivity contribution in [1.82, 2.24) is 5.32 Å². The maximum Gasteiger partial charge on any atom is 0.175 e. The highest BCUT2D eigenvalue weighted by Crippen LogP contribution is 2.37. The zero-order valence-electron chi connectivity index (χ0n) is 15.2. The maximum absolute atomic E-state index is 6.01. The quantitative estimate of drug-likeness (QED) is 0.485. The van der Waals surface area contributed by atoms with Gasteiger partial charge in [0.2, 0.25) is 0 Å². The lowest BCUT2D eigenvalue weighted by molar-refractivity contribution is 0.194. The van der Waals surface area contributed by atoms with E-state index in [1.54, 1.807) is 7.11 Å². The Morgan fingerprint density at radius 3 is 2.54 bits per heavy atom. The summed E-state index contributed by atoms with van der Waals surface area (Å²) >= 11 is 9.54. The van der Waals surface area contributed by atoms with Gasteiger partial charge in [-0.3, -0.25) is 0 Å². The summed E-state index contributed by atoms with van der Waals surface area (Å²) < 4.78 is 17.7. The van der Waals surface area contributed by atoms with E-state index in [2.05, 4.69) is 27.3 Å². The number of methoxy groups -OCH3 is 1. The van der Waals surface area contributed by atoms with E-state index in [1.165, 1.54) is 0 Å². The first-order chi connectivity index (χ1) is 12.6. The summed E-state index contributed by atoms with van der Waals surface area (Å²) in [6.45, 7) is 5.42. The Morgan fingerprint density at radius 1 is 1.08 bits per heavy atom. The summed E-state index contributed by atoms with van der Waals surface area (Å²) in [5, 5.41) is 4.12. The molecule has 0 atom stereocenters. The molecular formula is C20H25BrClNO3. The van der Waals surface area contributed by atoms with Crippen LogP contribution < -0.4 is 14.8 Å².